The molecule has 0 amide bonds. The summed E-state index contributed by atoms with van der Waals surface area (Å²) in [7, 11) is -3.48. The molecule has 0 spiro atoms. The predicted molar refractivity (Wildman–Crippen MR) is 78.6 cm³/mol. The summed E-state index contributed by atoms with van der Waals surface area (Å²) in [6.45, 7) is 4.19. The van der Waals surface area contributed by atoms with E-state index in [9.17, 15) is 8.42 Å². The van der Waals surface area contributed by atoms with Gasteiger partial charge in [0.05, 0.1) is 4.90 Å². The average molecular weight is 275 g/mol. The molecule has 0 unspecified atom stereocenters. The lowest BCUT2D eigenvalue weighted by Gasteiger charge is -2.08. The van der Waals surface area contributed by atoms with Gasteiger partial charge >= 0.3 is 0 Å². The maximum Gasteiger partial charge on any atom is 0.241 e. The summed E-state index contributed by atoms with van der Waals surface area (Å²) in [5.41, 5.74) is 1.08. The third-order valence-corrected chi connectivity index (χ3v) is 4.30. The largest absolute Gasteiger partial charge is 0.241 e. The molecule has 0 saturated heterocycles. The van der Waals surface area contributed by atoms with Crippen molar-refractivity contribution in [2.75, 3.05) is 6.54 Å². The molecule has 0 heterocycles. The second-order valence-corrected chi connectivity index (χ2v) is 6.35. The number of allylic oxidation sites excluding steroid dienone is 1. The van der Waals surface area contributed by atoms with Crippen LogP contribution in [0, 0.1) is 0 Å². The first-order valence-corrected chi connectivity index (χ1v) is 7.60. The quantitative estimate of drug-likeness (QED) is 0.872. The van der Waals surface area contributed by atoms with Crippen LogP contribution in [0.25, 0.3) is 10.8 Å². The van der Waals surface area contributed by atoms with E-state index in [1.54, 1.807) is 12.1 Å². The van der Waals surface area contributed by atoms with Crippen molar-refractivity contribution in [3.05, 3.63) is 54.1 Å². The monoisotopic (exact) mass is 275 g/mol. The molecule has 0 saturated carbocycles. The average Bonchev–Trinajstić information content (AvgIpc) is 2.37. The summed E-state index contributed by atoms with van der Waals surface area (Å²) in [4.78, 5) is 0.327. The highest BCUT2D eigenvalue weighted by molar-refractivity contribution is 7.89. The number of benzene rings is 2. The van der Waals surface area contributed by atoms with E-state index in [0.717, 1.165) is 16.3 Å². The Morgan fingerprint density at radius 1 is 1.11 bits per heavy atom. The number of sulfonamides is 1. The topological polar surface area (TPSA) is 46.2 Å². The molecular weight excluding hydrogens is 258 g/mol. The Hall–Kier alpha value is -1.65. The SMILES string of the molecule is CC(C)=CCNS(=O)(=O)c1cccc2ccccc12. The molecule has 0 fully saturated rings. The molecule has 19 heavy (non-hydrogen) atoms. The van der Waals surface area contributed by atoms with E-state index in [1.165, 1.54) is 0 Å². The van der Waals surface area contributed by atoms with E-state index in [-0.39, 0.29) is 0 Å². The van der Waals surface area contributed by atoms with Crippen molar-refractivity contribution in [3.63, 3.8) is 0 Å². The van der Waals surface area contributed by atoms with Crippen LogP contribution in [0.3, 0.4) is 0 Å². The molecular formula is C15H17NO2S. The first-order chi connectivity index (χ1) is 9.00. The van der Waals surface area contributed by atoms with Gasteiger partial charge in [-0.05, 0) is 25.3 Å². The highest BCUT2D eigenvalue weighted by Crippen LogP contribution is 2.22. The lowest BCUT2D eigenvalue weighted by atomic mass is 10.1. The number of rotatable bonds is 4. The van der Waals surface area contributed by atoms with Gasteiger partial charge < -0.3 is 0 Å². The Balaban J connectivity index is 2.41. The Morgan fingerprint density at radius 3 is 2.53 bits per heavy atom. The van der Waals surface area contributed by atoms with Crippen molar-refractivity contribution in [1.82, 2.24) is 4.72 Å². The zero-order valence-corrected chi connectivity index (χ0v) is 11.9. The third kappa shape index (κ3) is 3.22. The van der Waals surface area contributed by atoms with Crippen LogP contribution in [0.4, 0.5) is 0 Å². The fourth-order valence-electron chi connectivity index (χ4n) is 1.86. The number of hydrogen-bond donors (Lipinski definition) is 1. The van der Waals surface area contributed by atoms with Crippen LogP contribution in [0.5, 0.6) is 0 Å². The molecule has 2 aromatic rings. The van der Waals surface area contributed by atoms with E-state index < -0.39 is 10.0 Å². The molecule has 1 N–H and O–H groups in total. The second-order valence-electron chi connectivity index (χ2n) is 4.61. The smallest absolute Gasteiger partial charge is 0.207 e. The molecule has 2 aromatic carbocycles. The summed E-state index contributed by atoms with van der Waals surface area (Å²) < 4.78 is 27.2. The van der Waals surface area contributed by atoms with Crippen LogP contribution in [-0.2, 0) is 10.0 Å². The summed E-state index contributed by atoms with van der Waals surface area (Å²) in [6, 6.07) is 12.8. The fourth-order valence-corrected chi connectivity index (χ4v) is 3.05. The zero-order valence-electron chi connectivity index (χ0n) is 11.1. The summed E-state index contributed by atoms with van der Waals surface area (Å²) >= 11 is 0. The van der Waals surface area contributed by atoms with Gasteiger partial charge in [-0.2, -0.15) is 0 Å². The third-order valence-electron chi connectivity index (χ3n) is 2.82. The van der Waals surface area contributed by atoms with Gasteiger partial charge in [0.1, 0.15) is 0 Å². The van der Waals surface area contributed by atoms with E-state index in [0.29, 0.717) is 11.4 Å². The molecule has 0 radical (unpaired) electrons. The van der Waals surface area contributed by atoms with Gasteiger partial charge in [-0.3, -0.25) is 0 Å². The molecule has 0 aliphatic carbocycles. The fraction of sp³-hybridized carbons (Fsp3) is 0.200. The van der Waals surface area contributed by atoms with Gasteiger partial charge in [-0.15, -0.1) is 0 Å². The molecule has 4 heteroatoms. The normalized spacial score (nSPS) is 11.5. The van der Waals surface area contributed by atoms with Crippen molar-refractivity contribution >= 4 is 20.8 Å². The van der Waals surface area contributed by atoms with Crippen molar-refractivity contribution < 1.29 is 8.42 Å². The van der Waals surface area contributed by atoms with Crippen LogP contribution in [0.1, 0.15) is 13.8 Å². The first kappa shape index (κ1) is 13.8. The van der Waals surface area contributed by atoms with Crippen molar-refractivity contribution in [2.45, 2.75) is 18.7 Å². The molecule has 2 rings (SSSR count). The van der Waals surface area contributed by atoms with Crippen LogP contribution in [-0.4, -0.2) is 15.0 Å². The minimum Gasteiger partial charge on any atom is -0.207 e. The Kier molecular flexibility index (Phi) is 4.02. The van der Waals surface area contributed by atoms with Crippen LogP contribution >= 0.6 is 0 Å². The molecule has 3 nitrogen and oxygen atoms in total. The number of nitrogens with one attached hydrogen (secondary N) is 1. The predicted octanol–water partition coefficient (Wildman–Crippen LogP) is 3.08. The van der Waals surface area contributed by atoms with Crippen molar-refractivity contribution in [1.29, 1.82) is 0 Å². The summed E-state index contributed by atoms with van der Waals surface area (Å²) in [5.74, 6) is 0. The van der Waals surface area contributed by atoms with Gasteiger partial charge in [-0.25, -0.2) is 13.1 Å². The van der Waals surface area contributed by atoms with Crippen LogP contribution < -0.4 is 4.72 Å². The van der Waals surface area contributed by atoms with Gasteiger partial charge in [0.2, 0.25) is 10.0 Å². The first-order valence-electron chi connectivity index (χ1n) is 6.11. The van der Waals surface area contributed by atoms with Crippen LogP contribution in [0.2, 0.25) is 0 Å². The van der Waals surface area contributed by atoms with Crippen LogP contribution in [0.15, 0.2) is 59.0 Å². The molecule has 100 valence electrons. The van der Waals surface area contributed by atoms with E-state index in [2.05, 4.69) is 4.72 Å². The number of hydrogen-bond acceptors (Lipinski definition) is 2. The minimum absolute atomic E-state index is 0.313. The maximum atomic E-state index is 12.3. The summed E-state index contributed by atoms with van der Waals surface area (Å²) in [5, 5.41) is 1.67. The number of fused-ring (bicyclic) bond motifs is 1. The molecule has 0 aromatic heterocycles. The zero-order chi connectivity index (χ0) is 13.9. The standard InChI is InChI=1S/C15H17NO2S/c1-12(2)10-11-16-19(17,18)15-9-5-7-13-6-3-4-8-14(13)15/h3-10,16H,11H2,1-2H3. The van der Waals surface area contributed by atoms with E-state index in [1.807, 2.05) is 50.3 Å². The Morgan fingerprint density at radius 2 is 1.79 bits per heavy atom. The van der Waals surface area contributed by atoms with E-state index in [4.69, 9.17) is 0 Å². The summed E-state index contributed by atoms with van der Waals surface area (Å²) in [6.07, 6.45) is 1.85. The van der Waals surface area contributed by atoms with Gasteiger partial charge in [0.25, 0.3) is 0 Å². The lowest BCUT2D eigenvalue weighted by molar-refractivity contribution is 0.586. The van der Waals surface area contributed by atoms with Crippen molar-refractivity contribution in [2.24, 2.45) is 0 Å². The maximum absolute atomic E-state index is 12.3. The second kappa shape index (κ2) is 5.55. The van der Waals surface area contributed by atoms with Gasteiger partial charge in [-0.1, -0.05) is 48.0 Å². The molecule has 0 aliphatic heterocycles. The highest BCUT2D eigenvalue weighted by atomic mass is 32.2. The van der Waals surface area contributed by atoms with Gasteiger partial charge in [0, 0.05) is 11.9 Å². The lowest BCUT2D eigenvalue weighted by Crippen LogP contribution is -2.24. The highest BCUT2D eigenvalue weighted by Gasteiger charge is 2.15. The van der Waals surface area contributed by atoms with E-state index >= 15 is 0 Å². The Bertz CT molecular complexity index is 709. The minimum atomic E-state index is -3.48. The molecule has 0 aliphatic rings. The Labute approximate surface area is 114 Å². The molecule has 0 atom stereocenters. The molecule has 0 bridgehead atoms. The van der Waals surface area contributed by atoms with Crippen molar-refractivity contribution in [3.8, 4) is 0 Å². The van der Waals surface area contributed by atoms with Gasteiger partial charge in [0.15, 0.2) is 0 Å².